The molecule has 7 nitrogen and oxygen atoms in total. The van der Waals surface area contributed by atoms with Gasteiger partial charge in [0, 0.05) is 18.0 Å². The van der Waals surface area contributed by atoms with Gasteiger partial charge in [0.1, 0.15) is 11.4 Å². The number of benzene rings is 2. The second kappa shape index (κ2) is 8.27. The number of anilines is 1. The second-order valence-corrected chi connectivity index (χ2v) is 8.32. The Balaban J connectivity index is 1.70. The van der Waals surface area contributed by atoms with E-state index in [1.165, 1.54) is 19.2 Å². The summed E-state index contributed by atoms with van der Waals surface area (Å²) in [6.07, 6.45) is 3.72. The molecule has 0 aliphatic heterocycles. The molecule has 0 radical (unpaired) electrons. The van der Waals surface area contributed by atoms with Gasteiger partial charge in [0.05, 0.1) is 30.0 Å². The summed E-state index contributed by atoms with van der Waals surface area (Å²) in [7, 11) is -2.64. The topological polar surface area (TPSA) is 81.9 Å². The fourth-order valence-electron chi connectivity index (χ4n) is 3.15. The Bertz CT molecular complexity index is 1320. The molecule has 0 fully saturated rings. The first-order chi connectivity index (χ1) is 14.9. The summed E-state index contributed by atoms with van der Waals surface area (Å²) in [4.78, 5) is 4.33. The van der Waals surface area contributed by atoms with E-state index in [1.807, 2.05) is 35.0 Å². The van der Waals surface area contributed by atoms with Crippen LogP contribution in [-0.2, 0) is 10.0 Å². The number of rotatable bonds is 7. The van der Waals surface area contributed by atoms with E-state index in [1.54, 1.807) is 25.1 Å². The summed E-state index contributed by atoms with van der Waals surface area (Å²) < 4.78 is 54.7. The molecule has 4 aromatic rings. The van der Waals surface area contributed by atoms with Crippen molar-refractivity contribution in [3.05, 3.63) is 72.8 Å². The number of pyridine rings is 1. The number of fused-ring (bicyclic) bond motifs is 1. The van der Waals surface area contributed by atoms with E-state index in [0.29, 0.717) is 17.0 Å². The van der Waals surface area contributed by atoms with Gasteiger partial charge in [-0.1, -0.05) is 6.07 Å². The van der Waals surface area contributed by atoms with Gasteiger partial charge in [-0.25, -0.2) is 17.8 Å². The summed E-state index contributed by atoms with van der Waals surface area (Å²) in [5.74, 6) is -0.439. The standard InChI is InChI=1S/C22H20FN3O4S/c1-3-30-20-10-8-16(13-17(20)23)31(27,28)25-18-12-15(7-9-21(18)29-2)19-14-26-11-5-4-6-22(26)24-19/h4-14,25H,3H2,1-2H3. The Kier molecular flexibility index (Phi) is 5.51. The maximum absolute atomic E-state index is 14.2. The van der Waals surface area contributed by atoms with Gasteiger partial charge in [-0.05, 0) is 55.5 Å². The quantitative estimate of drug-likeness (QED) is 0.461. The van der Waals surface area contributed by atoms with Crippen molar-refractivity contribution >= 4 is 21.4 Å². The largest absolute Gasteiger partial charge is 0.495 e. The third kappa shape index (κ3) is 4.17. The highest BCUT2D eigenvalue weighted by Crippen LogP contribution is 2.32. The number of hydrogen-bond acceptors (Lipinski definition) is 5. The third-order valence-corrected chi connectivity index (χ3v) is 5.98. The van der Waals surface area contributed by atoms with Crippen LogP contribution < -0.4 is 14.2 Å². The molecule has 0 saturated heterocycles. The number of nitrogens with one attached hydrogen (secondary N) is 1. The zero-order valence-corrected chi connectivity index (χ0v) is 17.7. The van der Waals surface area contributed by atoms with Crippen molar-refractivity contribution in [1.29, 1.82) is 0 Å². The Morgan fingerprint density at radius 3 is 2.61 bits per heavy atom. The Hall–Kier alpha value is -3.59. The minimum absolute atomic E-state index is 0.00660. The highest BCUT2D eigenvalue weighted by Gasteiger charge is 2.20. The van der Waals surface area contributed by atoms with Crippen molar-refractivity contribution in [1.82, 2.24) is 9.38 Å². The zero-order chi connectivity index (χ0) is 22.0. The van der Waals surface area contributed by atoms with Gasteiger partial charge in [0.2, 0.25) is 0 Å². The van der Waals surface area contributed by atoms with Gasteiger partial charge >= 0.3 is 0 Å². The average molecular weight is 441 g/mol. The first kappa shape index (κ1) is 20.7. The normalized spacial score (nSPS) is 11.5. The van der Waals surface area contributed by atoms with Gasteiger partial charge < -0.3 is 13.9 Å². The van der Waals surface area contributed by atoms with Gasteiger partial charge in [-0.3, -0.25) is 4.72 Å². The average Bonchev–Trinajstić information content (AvgIpc) is 3.19. The van der Waals surface area contributed by atoms with Crippen LogP contribution in [0.4, 0.5) is 10.1 Å². The van der Waals surface area contributed by atoms with Crippen LogP contribution in [0.5, 0.6) is 11.5 Å². The number of ether oxygens (including phenoxy) is 2. The highest BCUT2D eigenvalue weighted by molar-refractivity contribution is 7.92. The molecule has 1 N–H and O–H groups in total. The molecular weight excluding hydrogens is 421 g/mol. The van der Waals surface area contributed by atoms with Crippen LogP contribution in [-0.4, -0.2) is 31.5 Å². The first-order valence-corrected chi connectivity index (χ1v) is 11.0. The van der Waals surface area contributed by atoms with Crippen LogP contribution in [0.15, 0.2) is 71.9 Å². The molecule has 0 bridgehead atoms. The summed E-state index contributed by atoms with van der Waals surface area (Å²) >= 11 is 0. The van der Waals surface area contributed by atoms with Gasteiger partial charge in [-0.2, -0.15) is 0 Å². The van der Waals surface area contributed by atoms with E-state index < -0.39 is 15.8 Å². The monoisotopic (exact) mass is 441 g/mol. The Morgan fingerprint density at radius 1 is 1.10 bits per heavy atom. The lowest BCUT2D eigenvalue weighted by molar-refractivity contribution is 0.321. The van der Waals surface area contributed by atoms with Crippen LogP contribution in [0.3, 0.4) is 0 Å². The number of nitrogens with zero attached hydrogens (tertiary/aromatic N) is 2. The fourth-order valence-corrected chi connectivity index (χ4v) is 4.22. The number of imidazole rings is 1. The molecule has 4 rings (SSSR count). The van der Waals surface area contributed by atoms with Gasteiger partial charge in [-0.15, -0.1) is 0 Å². The van der Waals surface area contributed by atoms with E-state index in [-0.39, 0.29) is 22.9 Å². The van der Waals surface area contributed by atoms with Crippen LogP contribution in [0.1, 0.15) is 6.92 Å². The molecule has 0 unspecified atom stereocenters. The van der Waals surface area contributed by atoms with Crippen molar-refractivity contribution in [3.63, 3.8) is 0 Å². The molecule has 2 aromatic carbocycles. The number of halogens is 1. The van der Waals surface area contributed by atoms with Crippen molar-refractivity contribution < 1.29 is 22.3 Å². The van der Waals surface area contributed by atoms with Crippen LogP contribution in [0.2, 0.25) is 0 Å². The Morgan fingerprint density at radius 2 is 1.90 bits per heavy atom. The number of aromatic nitrogens is 2. The smallest absolute Gasteiger partial charge is 0.262 e. The number of hydrogen-bond donors (Lipinski definition) is 1. The van der Waals surface area contributed by atoms with Crippen molar-refractivity contribution in [2.75, 3.05) is 18.4 Å². The molecule has 160 valence electrons. The van der Waals surface area contributed by atoms with Gasteiger partial charge in [0.15, 0.2) is 11.6 Å². The van der Waals surface area contributed by atoms with Crippen molar-refractivity contribution in [2.45, 2.75) is 11.8 Å². The third-order valence-electron chi connectivity index (χ3n) is 4.62. The van der Waals surface area contributed by atoms with Crippen LogP contribution in [0, 0.1) is 5.82 Å². The highest BCUT2D eigenvalue weighted by atomic mass is 32.2. The molecule has 2 heterocycles. The molecule has 0 aliphatic rings. The maximum Gasteiger partial charge on any atom is 0.262 e. The predicted octanol–water partition coefficient (Wildman–Crippen LogP) is 4.35. The lowest BCUT2D eigenvalue weighted by Crippen LogP contribution is -2.14. The van der Waals surface area contributed by atoms with E-state index in [0.717, 1.165) is 11.7 Å². The van der Waals surface area contributed by atoms with Crippen molar-refractivity contribution in [3.8, 4) is 22.8 Å². The number of sulfonamides is 1. The molecular formula is C22H20FN3O4S. The summed E-state index contributed by atoms with van der Waals surface area (Å²) in [5, 5.41) is 0. The SMILES string of the molecule is CCOc1ccc(S(=O)(=O)Nc2cc(-c3cn4ccccc4n3)ccc2OC)cc1F. The maximum atomic E-state index is 14.2. The zero-order valence-electron chi connectivity index (χ0n) is 16.9. The fraction of sp³-hybridized carbons (Fsp3) is 0.136. The summed E-state index contributed by atoms with van der Waals surface area (Å²) in [6, 6.07) is 14.2. The minimum Gasteiger partial charge on any atom is -0.495 e. The van der Waals surface area contributed by atoms with E-state index in [2.05, 4.69) is 9.71 Å². The first-order valence-electron chi connectivity index (χ1n) is 9.48. The van der Waals surface area contributed by atoms with Gasteiger partial charge in [0.25, 0.3) is 10.0 Å². The van der Waals surface area contributed by atoms with Crippen LogP contribution >= 0.6 is 0 Å². The second-order valence-electron chi connectivity index (χ2n) is 6.64. The molecule has 0 atom stereocenters. The molecule has 0 aliphatic carbocycles. The predicted molar refractivity (Wildman–Crippen MR) is 116 cm³/mol. The lowest BCUT2D eigenvalue weighted by atomic mass is 10.1. The number of methoxy groups -OCH3 is 1. The molecule has 0 saturated carbocycles. The summed E-state index contributed by atoms with van der Waals surface area (Å²) in [6.45, 7) is 1.99. The van der Waals surface area contributed by atoms with E-state index in [9.17, 15) is 12.8 Å². The molecule has 31 heavy (non-hydrogen) atoms. The minimum atomic E-state index is -4.07. The lowest BCUT2D eigenvalue weighted by Gasteiger charge is -2.14. The van der Waals surface area contributed by atoms with E-state index in [4.69, 9.17) is 9.47 Å². The van der Waals surface area contributed by atoms with Crippen molar-refractivity contribution in [2.24, 2.45) is 0 Å². The Labute approximate surface area is 179 Å². The molecule has 2 aromatic heterocycles. The molecule has 0 amide bonds. The molecule has 9 heteroatoms. The summed E-state index contributed by atoms with van der Waals surface area (Å²) in [5.41, 5.74) is 2.34. The van der Waals surface area contributed by atoms with Crippen LogP contribution in [0.25, 0.3) is 16.9 Å². The molecule has 0 spiro atoms. The van der Waals surface area contributed by atoms with E-state index >= 15 is 0 Å².